The Bertz CT molecular complexity index is 722. The molecule has 0 spiro atoms. The van der Waals surface area contributed by atoms with Crippen molar-refractivity contribution in [3.8, 4) is 0 Å². The number of piperazine rings is 1. The van der Waals surface area contributed by atoms with Crippen LogP contribution in [0.3, 0.4) is 0 Å². The van der Waals surface area contributed by atoms with Gasteiger partial charge in [0.1, 0.15) is 0 Å². The van der Waals surface area contributed by atoms with E-state index in [1.165, 1.54) is 11.3 Å². The van der Waals surface area contributed by atoms with E-state index in [2.05, 4.69) is 34.3 Å². The molecule has 1 saturated heterocycles. The molecule has 0 aromatic heterocycles. The van der Waals surface area contributed by atoms with Gasteiger partial charge in [0.25, 0.3) is 5.91 Å². The van der Waals surface area contributed by atoms with E-state index in [0.29, 0.717) is 5.56 Å². The van der Waals surface area contributed by atoms with Gasteiger partial charge in [-0.2, -0.15) is 0 Å². The second kappa shape index (κ2) is 8.37. The average molecular weight is 359 g/mol. The van der Waals surface area contributed by atoms with Gasteiger partial charge in [-0.25, -0.2) is 0 Å². The van der Waals surface area contributed by atoms with Crippen LogP contribution in [-0.2, 0) is 0 Å². The number of anilines is 2. The molecular formula is C20H25ClN3O-. The Kier molecular flexibility index (Phi) is 6.45. The molecule has 1 aliphatic heterocycles. The molecule has 0 aliphatic carbocycles. The van der Waals surface area contributed by atoms with Crippen LogP contribution >= 0.6 is 0 Å². The van der Waals surface area contributed by atoms with Crippen LogP contribution in [0.4, 0.5) is 11.4 Å². The van der Waals surface area contributed by atoms with E-state index in [9.17, 15) is 4.79 Å². The summed E-state index contributed by atoms with van der Waals surface area (Å²) in [7, 11) is 2.16. The summed E-state index contributed by atoms with van der Waals surface area (Å²) in [4.78, 5) is 17.1. The highest BCUT2D eigenvalue weighted by Gasteiger charge is 2.14. The number of likely N-dealkylation sites (N-methyl/N-ethyl adjacent to an activating group) is 1. The van der Waals surface area contributed by atoms with Crippen LogP contribution in [-0.4, -0.2) is 44.0 Å². The molecule has 2 aromatic rings. The topological polar surface area (TPSA) is 35.6 Å². The van der Waals surface area contributed by atoms with Gasteiger partial charge in [-0.15, -0.1) is 0 Å². The zero-order valence-electron chi connectivity index (χ0n) is 15.1. The Labute approximate surface area is 156 Å². The van der Waals surface area contributed by atoms with E-state index in [4.69, 9.17) is 0 Å². The smallest absolute Gasteiger partial charge is 0.255 e. The van der Waals surface area contributed by atoms with E-state index >= 15 is 0 Å². The maximum Gasteiger partial charge on any atom is 0.255 e. The first-order valence-corrected chi connectivity index (χ1v) is 8.45. The number of rotatable bonds is 3. The largest absolute Gasteiger partial charge is 1.00 e. The lowest BCUT2D eigenvalue weighted by atomic mass is 10.1. The molecule has 1 amide bonds. The summed E-state index contributed by atoms with van der Waals surface area (Å²) in [6.07, 6.45) is 0. The van der Waals surface area contributed by atoms with Crippen molar-refractivity contribution in [1.29, 1.82) is 0 Å². The molecule has 0 unspecified atom stereocenters. The molecule has 5 heteroatoms. The second-order valence-electron chi connectivity index (χ2n) is 6.59. The molecule has 4 nitrogen and oxygen atoms in total. The van der Waals surface area contributed by atoms with Crippen LogP contribution in [0, 0.1) is 13.8 Å². The third kappa shape index (κ3) is 4.74. The second-order valence-corrected chi connectivity index (χ2v) is 6.59. The number of nitrogens with one attached hydrogen (secondary N) is 1. The van der Waals surface area contributed by atoms with Crippen molar-refractivity contribution in [2.24, 2.45) is 0 Å². The fraction of sp³-hybridized carbons (Fsp3) is 0.350. The van der Waals surface area contributed by atoms with Gasteiger partial charge in [0, 0.05) is 43.1 Å². The molecule has 134 valence electrons. The van der Waals surface area contributed by atoms with Crippen molar-refractivity contribution in [2.45, 2.75) is 13.8 Å². The van der Waals surface area contributed by atoms with Crippen LogP contribution in [0.15, 0.2) is 42.5 Å². The van der Waals surface area contributed by atoms with E-state index < -0.39 is 0 Å². The van der Waals surface area contributed by atoms with Gasteiger partial charge < -0.3 is 27.5 Å². The molecule has 0 radical (unpaired) electrons. The van der Waals surface area contributed by atoms with Crippen molar-refractivity contribution in [2.75, 3.05) is 43.4 Å². The first kappa shape index (κ1) is 19.3. The molecule has 1 fully saturated rings. The molecule has 0 saturated carbocycles. The lowest BCUT2D eigenvalue weighted by Gasteiger charge is -2.34. The maximum absolute atomic E-state index is 12.4. The quantitative estimate of drug-likeness (QED) is 0.858. The summed E-state index contributed by atoms with van der Waals surface area (Å²) in [5, 5.41) is 2.98. The Morgan fingerprint density at radius 1 is 0.920 bits per heavy atom. The van der Waals surface area contributed by atoms with Crippen molar-refractivity contribution in [1.82, 2.24) is 4.90 Å². The highest BCUT2D eigenvalue weighted by Crippen LogP contribution is 2.20. The van der Waals surface area contributed by atoms with Crippen molar-refractivity contribution >= 4 is 17.3 Å². The highest BCUT2D eigenvalue weighted by molar-refractivity contribution is 6.04. The molecule has 3 rings (SSSR count). The van der Waals surface area contributed by atoms with Crippen LogP contribution in [0.25, 0.3) is 0 Å². The summed E-state index contributed by atoms with van der Waals surface area (Å²) >= 11 is 0. The minimum Gasteiger partial charge on any atom is -1.00 e. The standard InChI is InChI=1S/C20H25N3O.ClH/c1-15-4-5-17(14-16(15)2)20(24)21-18-6-8-19(9-7-18)23-12-10-22(3)11-13-23;/h4-9,14H,10-13H2,1-3H3,(H,21,24);1H/p-1. The number of carbonyl (C=O) groups excluding carboxylic acids is 1. The summed E-state index contributed by atoms with van der Waals surface area (Å²) in [6.45, 7) is 8.34. The van der Waals surface area contributed by atoms with Crippen LogP contribution < -0.4 is 22.6 Å². The molecule has 2 aromatic carbocycles. The summed E-state index contributed by atoms with van der Waals surface area (Å²) in [6, 6.07) is 13.9. The number of nitrogens with zero attached hydrogens (tertiary/aromatic N) is 2. The van der Waals surface area contributed by atoms with E-state index in [1.54, 1.807) is 0 Å². The number of hydrogen-bond acceptors (Lipinski definition) is 3. The zero-order chi connectivity index (χ0) is 17.1. The summed E-state index contributed by atoms with van der Waals surface area (Å²) < 4.78 is 0. The van der Waals surface area contributed by atoms with Gasteiger partial charge in [0.15, 0.2) is 0 Å². The number of benzene rings is 2. The molecule has 0 bridgehead atoms. The van der Waals surface area contributed by atoms with Gasteiger partial charge in [0.2, 0.25) is 0 Å². The van der Waals surface area contributed by atoms with Gasteiger partial charge in [-0.3, -0.25) is 4.79 Å². The minimum atomic E-state index is -0.0644. The Hall–Kier alpha value is -2.04. The SMILES string of the molecule is Cc1ccc(C(=O)Nc2ccc(N3CCN(C)CC3)cc2)cc1C.[Cl-]. The number of halogens is 1. The van der Waals surface area contributed by atoms with Crippen molar-refractivity contribution in [3.63, 3.8) is 0 Å². The van der Waals surface area contributed by atoms with E-state index in [0.717, 1.165) is 37.4 Å². The minimum absolute atomic E-state index is 0. The predicted octanol–water partition coefficient (Wildman–Crippen LogP) is 0.312. The van der Waals surface area contributed by atoms with Crippen molar-refractivity contribution in [3.05, 3.63) is 59.2 Å². The molecule has 1 heterocycles. The molecule has 1 aliphatic rings. The van der Waals surface area contributed by atoms with E-state index in [1.807, 2.05) is 44.2 Å². The van der Waals surface area contributed by atoms with E-state index in [-0.39, 0.29) is 18.3 Å². The zero-order valence-corrected chi connectivity index (χ0v) is 15.8. The third-order valence-corrected chi connectivity index (χ3v) is 4.76. The first-order valence-electron chi connectivity index (χ1n) is 8.45. The number of amides is 1. The predicted molar refractivity (Wildman–Crippen MR) is 100 cm³/mol. The van der Waals surface area contributed by atoms with Gasteiger partial charge in [0.05, 0.1) is 0 Å². The maximum atomic E-state index is 12.4. The lowest BCUT2D eigenvalue weighted by Crippen LogP contribution is -3.00. The van der Waals surface area contributed by atoms with Crippen molar-refractivity contribution < 1.29 is 17.2 Å². The monoisotopic (exact) mass is 358 g/mol. The number of hydrogen-bond donors (Lipinski definition) is 1. The Morgan fingerprint density at radius 3 is 2.16 bits per heavy atom. The molecule has 1 N–H and O–H groups in total. The third-order valence-electron chi connectivity index (χ3n) is 4.76. The van der Waals surface area contributed by atoms with Crippen LogP contribution in [0.2, 0.25) is 0 Å². The van der Waals surface area contributed by atoms with Gasteiger partial charge in [-0.05, 0) is 68.4 Å². The van der Waals surface area contributed by atoms with Crippen LogP contribution in [0.5, 0.6) is 0 Å². The highest BCUT2D eigenvalue weighted by atomic mass is 35.5. The normalized spacial score (nSPS) is 14.8. The Morgan fingerprint density at radius 2 is 1.56 bits per heavy atom. The first-order chi connectivity index (χ1) is 11.5. The molecule has 25 heavy (non-hydrogen) atoms. The average Bonchev–Trinajstić information content (AvgIpc) is 2.59. The summed E-state index contributed by atoms with van der Waals surface area (Å²) in [5.41, 5.74) is 5.07. The summed E-state index contributed by atoms with van der Waals surface area (Å²) in [5.74, 6) is -0.0644. The molecule has 0 atom stereocenters. The van der Waals surface area contributed by atoms with Gasteiger partial charge in [-0.1, -0.05) is 6.07 Å². The Balaban J connectivity index is 0.00000225. The fourth-order valence-corrected chi connectivity index (χ4v) is 2.91. The fourth-order valence-electron chi connectivity index (χ4n) is 2.91. The van der Waals surface area contributed by atoms with Gasteiger partial charge >= 0.3 is 0 Å². The van der Waals surface area contributed by atoms with Crippen LogP contribution in [0.1, 0.15) is 21.5 Å². The molecular weight excluding hydrogens is 334 g/mol. The number of carbonyl (C=O) groups is 1. The lowest BCUT2D eigenvalue weighted by molar-refractivity contribution is -0.0000126. The number of aryl methyl sites for hydroxylation is 2.